The monoisotopic (exact) mass is 410 g/mol. The van der Waals surface area contributed by atoms with Gasteiger partial charge in [-0.05, 0) is 35.7 Å². The van der Waals surface area contributed by atoms with Gasteiger partial charge in [-0.25, -0.2) is 23.1 Å². The highest BCUT2D eigenvalue weighted by Crippen LogP contribution is 2.27. The first-order valence-electron chi connectivity index (χ1n) is 8.73. The van der Waals surface area contributed by atoms with Gasteiger partial charge in [0.05, 0.1) is 15.3 Å². The summed E-state index contributed by atoms with van der Waals surface area (Å²) in [5.74, 6) is 1.34. The van der Waals surface area contributed by atoms with Crippen LogP contribution < -0.4 is 10.0 Å². The molecule has 0 amide bonds. The van der Waals surface area contributed by atoms with Crippen LogP contribution in [0.25, 0.3) is 21.6 Å². The Bertz CT molecular complexity index is 1180. The van der Waals surface area contributed by atoms with Crippen molar-refractivity contribution in [2.45, 2.75) is 4.90 Å². The Balaban J connectivity index is 1.50. The lowest BCUT2D eigenvalue weighted by Gasteiger charge is -2.11. The first-order chi connectivity index (χ1) is 13.6. The van der Waals surface area contributed by atoms with Crippen LogP contribution in [0.1, 0.15) is 0 Å². The average Bonchev–Trinajstić information content (AvgIpc) is 3.26. The van der Waals surface area contributed by atoms with Crippen LogP contribution >= 0.6 is 11.3 Å². The Morgan fingerprint density at radius 3 is 2.43 bits per heavy atom. The number of hydrogen-bond acceptors (Lipinski definition) is 6. The SMILES string of the molecule is O=S(=O)(NCCNc1nc(-c2cccs2)nc2ccccc12)c1ccccc1. The molecule has 0 spiro atoms. The van der Waals surface area contributed by atoms with Gasteiger partial charge in [0.2, 0.25) is 10.0 Å². The van der Waals surface area contributed by atoms with Crippen LogP contribution in [0.4, 0.5) is 5.82 Å². The van der Waals surface area contributed by atoms with E-state index in [2.05, 4.69) is 20.0 Å². The van der Waals surface area contributed by atoms with Crippen molar-refractivity contribution >= 4 is 38.1 Å². The van der Waals surface area contributed by atoms with Gasteiger partial charge in [-0.3, -0.25) is 0 Å². The summed E-state index contributed by atoms with van der Waals surface area (Å²) >= 11 is 1.58. The van der Waals surface area contributed by atoms with Gasteiger partial charge in [-0.1, -0.05) is 36.4 Å². The maximum Gasteiger partial charge on any atom is 0.240 e. The van der Waals surface area contributed by atoms with Crippen LogP contribution in [0.15, 0.2) is 77.0 Å². The Morgan fingerprint density at radius 1 is 0.857 bits per heavy atom. The quantitative estimate of drug-likeness (QED) is 0.453. The Morgan fingerprint density at radius 2 is 1.64 bits per heavy atom. The molecule has 0 saturated carbocycles. The van der Waals surface area contributed by atoms with Gasteiger partial charge >= 0.3 is 0 Å². The minimum absolute atomic E-state index is 0.240. The Labute approximate surface area is 167 Å². The lowest BCUT2D eigenvalue weighted by molar-refractivity contribution is 0.583. The number of thiophene rings is 1. The molecule has 0 aliphatic heterocycles. The molecular weight excluding hydrogens is 392 g/mol. The average molecular weight is 411 g/mol. The summed E-state index contributed by atoms with van der Waals surface area (Å²) in [5, 5.41) is 6.12. The molecule has 2 aromatic carbocycles. The van der Waals surface area contributed by atoms with E-state index >= 15 is 0 Å². The molecule has 2 N–H and O–H groups in total. The molecule has 0 bridgehead atoms. The predicted molar refractivity (Wildman–Crippen MR) is 113 cm³/mol. The van der Waals surface area contributed by atoms with Crippen molar-refractivity contribution in [2.75, 3.05) is 18.4 Å². The first kappa shape index (κ1) is 18.5. The number of nitrogens with one attached hydrogen (secondary N) is 2. The van der Waals surface area contributed by atoms with Crippen molar-refractivity contribution in [1.29, 1.82) is 0 Å². The van der Waals surface area contributed by atoms with Crippen LogP contribution in [-0.4, -0.2) is 31.5 Å². The van der Waals surface area contributed by atoms with Crippen molar-refractivity contribution in [3.63, 3.8) is 0 Å². The molecule has 4 aromatic rings. The molecule has 8 heteroatoms. The highest BCUT2D eigenvalue weighted by Gasteiger charge is 2.13. The van der Waals surface area contributed by atoms with Crippen molar-refractivity contribution in [3.05, 3.63) is 72.1 Å². The number of nitrogens with zero attached hydrogens (tertiary/aromatic N) is 2. The normalized spacial score (nSPS) is 11.6. The summed E-state index contributed by atoms with van der Waals surface area (Å²) in [5.41, 5.74) is 0.841. The minimum Gasteiger partial charge on any atom is -0.368 e. The second-order valence-corrected chi connectivity index (χ2v) is 8.74. The summed E-state index contributed by atoms with van der Waals surface area (Å²) in [6.45, 7) is 0.640. The lowest BCUT2D eigenvalue weighted by atomic mass is 10.2. The number of hydrogen-bond donors (Lipinski definition) is 2. The molecule has 0 unspecified atom stereocenters. The zero-order chi connectivity index (χ0) is 19.4. The van der Waals surface area contributed by atoms with Crippen molar-refractivity contribution in [3.8, 4) is 10.7 Å². The topological polar surface area (TPSA) is 84.0 Å². The summed E-state index contributed by atoms with van der Waals surface area (Å²) in [6, 6.07) is 20.0. The lowest BCUT2D eigenvalue weighted by Crippen LogP contribution is -2.29. The summed E-state index contributed by atoms with van der Waals surface area (Å²) < 4.78 is 27.2. The molecule has 2 aromatic heterocycles. The third-order valence-electron chi connectivity index (χ3n) is 4.11. The largest absolute Gasteiger partial charge is 0.368 e. The number of para-hydroxylation sites is 1. The molecule has 142 valence electrons. The van der Waals surface area contributed by atoms with E-state index in [9.17, 15) is 8.42 Å². The van der Waals surface area contributed by atoms with Crippen LogP contribution in [0, 0.1) is 0 Å². The van der Waals surface area contributed by atoms with Crippen LogP contribution in [0.3, 0.4) is 0 Å². The third kappa shape index (κ3) is 4.04. The van der Waals surface area contributed by atoms with Gasteiger partial charge in [-0.15, -0.1) is 11.3 Å². The molecular formula is C20H18N4O2S2. The number of rotatable bonds is 7. The number of aromatic nitrogens is 2. The minimum atomic E-state index is -3.52. The van der Waals surface area contributed by atoms with E-state index in [4.69, 9.17) is 0 Å². The van der Waals surface area contributed by atoms with Crippen LogP contribution in [0.5, 0.6) is 0 Å². The van der Waals surface area contributed by atoms with Gasteiger partial charge in [0.1, 0.15) is 5.82 Å². The van der Waals surface area contributed by atoms with Gasteiger partial charge < -0.3 is 5.32 Å². The van der Waals surface area contributed by atoms with Crippen molar-refractivity contribution < 1.29 is 8.42 Å². The Hall–Kier alpha value is -2.81. The summed E-state index contributed by atoms with van der Waals surface area (Å²) in [6.07, 6.45) is 0. The van der Waals surface area contributed by atoms with Gasteiger partial charge in [0, 0.05) is 18.5 Å². The second-order valence-electron chi connectivity index (χ2n) is 6.03. The van der Waals surface area contributed by atoms with Crippen molar-refractivity contribution in [1.82, 2.24) is 14.7 Å². The first-order valence-corrected chi connectivity index (χ1v) is 11.1. The smallest absolute Gasteiger partial charge is 0.240 e. The van der Waals surface area contributed by atoms with Gasteiger partial charge in [0.25, 0.3) is 0 Å². The maximum absolute atomic E-state index is 12.3. The van der Waals surface area contributed by atoms with E-state index < -0.39 is 10.0 Å². The second kappa shape index (κ2) is 8.05. The van der Waals surface area contributed by atoms with Gasteiger partial charge in [0.15, 0.2) is 5.82 Å². The third-order valence-corrected chi connectivity index (χ3v) is 6.45. The fourth-order valence-corrected chi connectivity index (χ4v) is 4.49. The van der Waals surface area contributed by atoms with Crippen molar-refractivity contribution in [2.24, 2.45) is 0 Å². The zero-order valence-corrected chi connectivity index (χ0v) is 16.5. The number of anilines is 1. The molecule has 0 radical (unpaired) electrons. The van der Waals surface area contributed by atoms with E-state index in [1.807, 2.05) is 41.8 Å². The molecule has 0 atom stereocenters. The van der Waals surface area contributed by atoms with Crippen LogP contribution in [0.2, 0.25) is 0 Å². The maximum atomic E-state index is 12.3. The predicted octanol–water partition coefficient (Wildman–Crippen LogP) is 3.75. The molecule has 0 fully saturated rings. The summed E-state index contributed by atoms with van der Waals surface area (Å²) in [4.78, 5) is 10.5. The van der Waals surface area contributed by atoms with E-state index in [-0.39, 0.29) is 11.4 Å². The molecule has 2 heterocycles. The number of sulfonamides is 1. The van der Waals surface area contributed by atoms with Gasteiger partial charge in [-0.2, -0.15) is 0 Å². The molecule has 4 rings (SSSR count). The summed E-state index contributed by atoms with van der Waals surface area (Å²) in [7, 11) is -3.52. The molecule has 0 aliphatic rings. The highest BCUT2D eigenvalue weighted by atomic mass is 32.2. The van der Waals surface area contributed by atoms with E-state index in [1.54, 1.807) is 41.7 Å². The van der Waals surface area contributed by atoms with E-state index in [0.29, 0.717) is 18.2 Å². The van der Waals surface area contributed by atoms with Crippen LogP contribution in [-0.2, 0) is 10.0 Å². The zero-order valence-electron chi connectivity index (χ0n) is 14.9. The fourth-order valence-electron chi connectivity index (χ4n) is 2.78. The molecule has 0 saturated heterocycles. The number of benzene rings is 2. The number of fused-ring (bicyclic) bond motifs is 1. The highest BCUT2D eigenvalue weighted by molar-refractivity contribution is 7.89. The fraction of sp³-hybridized carbons (Fsp3) is 0.100. The van der Waals surface area contributed by atoms with E-state index in [0.717, 1.165) is 15.8 Å². The molecule has 0 aliphatic carbocycles. The molecule has 28 heavy (non-hydrogen) atoms. The van der Waals surface area contributed by atoms with E-state index in [1.165, 1.54) is 0 Å². The standard InChI is InChI=1S/C20H18N4O2S2/c25-28(26,15-7-2-1-3-8-15)22-13-12-21-19-16-9-4-5-10-17(16)23-20(24-19)18-11-6-14-27-18/h1-11,14,22H,12-13H2,(H,21,23,24). The Kier molecular flexibility index (Phi) is 5.34. The molecule has 6 nitrogen and oxygen atoms in total.